The largest absolute Gasteiger partial charge is 0.343 e. The molecule has 0 bridgehead atoms. The van der Waals surface area contributed by atoms with Crippen LogP contribution in [0.5, 0.6) is 0 Å². The minimum atomic E-state index is -0.492. The van der Waals surface area contributed by atoms with Crippen LogP contribution in [-0.2, 0) is 11.2 Å². The second kappa shape index (κ2) is 8.75. The van der Waals surface area contributed by atoms with Crippen molar-refractivity contribution in [2.45, 2.75) is 38.5 Å². The van der Waals surface area contributed by atoms with E-state index in [1.807, 2.05) is 10.3 Å². The minimum absolute atomic E-state index is 0.0422. The van der Waals surface area contributed by atoms with Gasteiger partial charge in [0.05, 0.1) is 5.69 Å². The van der Waals surface area contributed by atoms with E-state index in [4.69, 9.17) is 0 Å². The zero-order chi connectivity index (χ0) is 18.4. The van der Waals surface area contributed by atoms with Crippen LogP contribution in [0.4, 0.5) is 5.13 Å². The maximum absolute atomic E-state index is 12.3. The van der Waals surface area contributed by atoms with Crippen LogP contribution in [-0.4, -0.2) is 39.8 Å². The summed E-state index contributed by atoms with van der Waals surface area (Å²) in [6, 6.07) is 3.06. The summed E-state index contributed by atoms with van der Waals surface area (Å²) in [4.78, 5) is 44.8. The lowest BCUT2D eigenvalue weighted by atomic mass is 10.2. The van der Waals surface area contributed by atoms with E-state index in [2.05, 4.69) is 15.3 Å². The standard InChI is InChI=1S/C18H22N4O3S/c23-15(22-10-3-1-2-4-11-22)8-7-13-12-26-18(20-13)21-17(25)14-6-5-9-19-16(14)24/h5-6,9,12H,1-4,7-8,10-11H2,(H,19,24)(H,20,21,25). The average molecular weight is 374 g/mol. The van der Waals surface area contributed by atoms with Crippen molar-refractivity contribution in [2.75, 3.05) is 18.4 Å². The van der Waals surface area contributed by atoms with Gasteiger partial charge < -0.3 is 9.88 Å². The molecule has 7 nitrogen and oxygen atoms in total. The molecule has 3 rings (SSSR count). The van der Waals surface area contributed by atoms with Crippen LogP contribution in [0.2, 0.25) is 0 Å². The first-order valence-electron chi connectivity index (χ1n) is 8.85. The lowest BCUT2D eigenvalue weighted by Gasteiger charge is -2.19. The fraction of sp³-hybridized carbons (Fsp3) is 0.444. The van der Waals surface area contributed by atoms with Gasteiger partial charge in [-0.15, -0.1) is 11.3 Å². The molecule has 0 radical (unpaired) electrons. The van der Waals surface area contributed by atoms with Crippen molar-refractivity contribution >= 4 is 28.3 Å². The minimum Gasteiger partial charge on any atom is -0.343 e. The van der Waals surface area contributed by atoms with Crippen molar-refractivity contribution in [2.24, 2.45) is 0 Å². The predicted molar refractivity (Wildman–Crippen MR) is 100 cm³/mol. The van der Waals surface area contributed by atoms with Crippen molar-refractivity contribution in [3.8, 4) is 0 Å². The molecule has 0 atom stereocenters. The van der Waals surface area contributed by atoms with E-state index in [0.717, 1.165) is 31.6 Å². The third-order valence-corrected chi connectivity index (χ3v) is 5.20. The fourth-order valence-electron chi connectivity index (χ4n) is 2.96. The van der Waals surface area contributed by atoms with Gasteiger partial charge in [0.1, 0.15) is 5.56 Å². The molecule has 2 aromatic heterocycles. The molecule has 3 heterocycles. The average Bonchev–Trinajstić information content (AvgIpc) is 2.90. The summed E-state index contributed by atoms with van der Waals surface area (Å²) in [5.74, 6) is -0.324. The Morgan fingerprint density at radius 2 is 2.00 bits per heavy atom. The van der Waals surface area contributed by atoms with Crippen molar-refractivity contribution in [1.82, 2.24) is 14.9 Å². The first-order chi connectivity index (χ1) is 12.6. The van der Waals surface area contributed by atoms with Gasteiger partial charge in [0, 0.05) is 31.1 Å². The van der Waals surface area contributed by atoms with E-state index < -0.39 is 11.5 Å². The molecule has 0 spiro atoms. The molecule has 0 saturated carbocycles. The number of hydrogen-bond donors (Lipinski definition) is 2. The second-order valence-electron chi connectivity index (χ2n) is 6.31. The molecule has 8 heteroatoms. The first-order valence-corrected chi connectivity index (χ1v) is 9.72. The topological polar surface area (TPSA) is 95.2 Å². The number of nitrogens with zero attached hydrogens (tertiary/aromatic N) is 2. The Balaban J connectivity index is 1.53. The number of nitrogens with one attached hydrogen (secondary N) is 2. The highest BCUT2D eigenvalue weighted by molar-refractivity contribution is 7.14. The molecule has 1 fully saturated rings. The zero-order valence-corrected chi connectivity index (χ0v) is 15.3. The molecule has 1 aliphatic heterocycles. The molecule has 2 aromatic rings. The zero-order valence-electron chi connectivity index (χ0n) is 14.5. The number of amides is 2. The third-order valence-electron chi connectivity index (χ3n) is 4.39. The molecule has 2 N–H and O–H groups in total. The first kappa shape index (κ1) is 18.3. The van der Waals surface area contributed by atoms with Gasteiger partial charge in [0.15, 0.2) is 5.13 Å². The lowest BCUT2D eigenvalue weighted by Crippen LogP contribution is -2.31. The van der Waals surface area contributed by atoms with Crippen LogP contribution in [0.1, 0.15) is 48.2 Å². The predicted octanol–water partition coefficient (Wildman–Crippen LogP) is 2.42. The van der Waals surface area contributed by atoms with Gasteiger partial charge >= 0.3 is 0 Å². The molecule has 26 heavy (non-hydrogen) atoms. The molecule has 138 valence electrons. The monoisotopic (exact) mass is 374 g/mol. The summed E-state index contributed by atoms with van der Waals surface area (Å²) in [5, 5.41) is 4.89. The maximum atomic E-state index is 12.3. The smallest absolute Gasteiger partial charge is 0.263 e. The second-order valence-corrected chi connectivity index (χ2v) is 7.16. The van der Waals surface area contributed by atoms with Crippen LogP contribution in [0, 0.1) is 0 Å². The van der Waals surface area contributed by atoms with Gasteiger partial charge in [-0.05, 0) is 31.4 Å². The highest BCUT2D eigenvalue weighted by Crippen LogP contribution is 2.18. The van der Waals surface area contributed by atoms with Crippen LogP contribution >= 0.6 is 11.3 Å². The van der Waals surface area contributed by atoms with Gasteiger partial charge in [-0.25, -0.2) is 4.98 Å². The Labute approximate surface area is 155 Å². The number of pyridine rings is 1. The maximum Gasteiger partial charge on any atom is 0.263 e. The SMILES string of the molecule is O=C(Nc1nc(CCC(=O)N2CCCCCC2)cs1)c1ccc[nH]c1=O. The summed E-state index contributed by atoms with van der Waals surface area (Å²) in [6.45, 7) is 1.70. The van der Waals surface area contributed by atoms with Gasteiger partial charge in [-0.3, -0.25) is 19.7 Å². The highest BCUT2D eigenvalue weighted by atomic mass is 32.1. The number of rotatable bonds is 5. The Morgan fingerprint density at radius 3 is 2.73 bits per heavy atom. The number of carbonyl (C=O) groups is 2. The molecule has 1 saturated heterocycles. The number of anilines is 1. The molecule has 0 unspecified atom stereocenters. The molecular formula is C18H22N4O3S. The summed E-state index contributed by atoms with van der Waals surface area (Å²) >= 11 is 1.29. The van der Waals surface area contributed by atoms with Gasteiger partial charge in [0.25, 0.3) is 11.5 Å². The van der Waals surface area contributed by atoms with Crippen molar-refractivity contribution < 1.29 is 9.59 Å². The lowest BCUT2D eigenvalue weighted by molar-refractivity contribution is -0.131. The molecule has 0 aliphatic carbocycles. The van der Waals surface area contributed by atoms with Crippen LogP contribution in [0.15, 0.2) is 28.5 Å². The fourth-order valence-corrected chi connectivity index (χ4v) is 3.70. The summed E-state index contributed by atoms with van der Waals surface area (Å²) in [7, 11) is 0. The van der Waals surface area contributed by atoms with Crippen LogP contribution in [0.25, 0.3) is 0 Å². The molecule has 1 aliphatic rings. The van der Waals surface area contributed by atoms with E-state index in [1.54, 1.807) is 6.07 Å². The number of carbonyl (C=O) groups excluding carboxylic acids is 2. The van der Waals surface area contributed by atoms with E-state index in [-0.39, 0.29) is 11.5 Å². The van der Waals surface area contributed by atoms with E-state index in [1.165, 1.54) is 36.4 Å². The quantitative estimate of drug-likeness (QED) is 0.840. The number of hydrogen-bond acceptors (Lipinski definition) is 5. The number of aryl methyl sites for hydroxylation is 1. The van der Waals surface area contributed by atoms with E-state index >= 15 is 0 Å². The van der Waals surface area contributed by atoms with Crippen LogP contribution < -0.4 is 10.9 Å². The van der Waals surface area contributed by atoms with Gasteiger partial charge in [-0.1, -0.05) is 12.8 Å². The van der Waals surface area contributed by atoms with E-state index in [0.29, 0.717) is 18.0 Å². The summed E-state index contributed by atoms with van der Waals surface area (Å²) in [6.07, 6.45) is 7.01. The summed E-state index contributed by atoms with van der Waals surface area (Å²) < 4.78 is 0. The Bertz CT molecular complexity index is 822. The van der Waals surface area contributed by atoms with Crippen molar-refractivity contribution in [1.29, 1.82) is 0 Å². The van der Waals surface area contributed by atoms with Crippen molar-refractivity contribution in [3.63, 3.8) is 0 Å². The Hall–Kier alpha value is -2.48. The Morgan fingerprint density at radius 1 is 1.23 bits per heavy atom. The van der Waals surface area contributed by atoms with Gasteiger partial charge in [0.2, 0.25) is 5.91 Å². The molecule has 2 amide bonds. The van der Waals surface area contributed by atoms with Crippen molar-refractivity contribution in [3.05, 3.63) is 45.3 Å². The van der Waals surface area contributed by atoms with Gasteiger partial charge in [-0.2, -0.15) is 0 Å². The number of aromatic amines is 1. The summed E-state index contributed by atoms with van der Waals surface area (Å²) in [5.41, 5.74) is 0.376. The number of aromatic nitrogens is 2. The number of H-pyrrole nitrogens is 1. The number of likely N-dealkylation sites (tertiary alicyclic amines) is 1. The molecule has 0 aromatic carbocycles. The Kier molecular flexibility index (Phi) is 6.17. The number of thiazole rings is 1. The molecular weight excluding hydrogens is 352 g/mol. The van der Waals surface area contributed by atoms with Crippen LogP contribution in [0.3, 0.4) is 0 Å². The third kappa shape index (κ3) is 4.78. The highest BCUT2D eigenvalue weighted by Gasteiger charge is 2.16. The van der Waals surface area contributed by atoms with E-state index in [9.17, 15) is 14.4 Å². The normalized spacial score (nSPS) is 14.7.